The number of para-hydroxylation sites is 1. The molecule has 1 aliphatic heterocycles. The van der Waals surface area contributed by atoms with E-state index in [0.717, 1.165) is 11.3 Å². The Balaban J connectivity index is 1.80. The molecule has 0 spiro atoms. The minimum atomic E-state index is -3.03. The van der Waals surface area contributed by atoms with E-state index < -0.39 is 18.6 Å². The minimum Gasteiger partial charge on any atom is -0.492 e. The van der Waals surface area contributed by atoms with E-state index in [0.29, 0.717) is 12.4 Å². The zero-order chi connectivity index (χ0) is 14.1. The van der Waals surface area contributed by atoms with E-state index in [-0.39, 0.29) is 11.8 Å². The van der Waals surface area contributed by atoms with Crippen LogP contribution in [0, 0.1) is 0 Å². The van der Waals surface area contributed by atoms with Crippen LogP contribution in [0.3, 0.4) is 0 Å². The lowest BCUT2D eigenvalue weighted by molar-refractivity contribution is -0.129. The third-order valence-corrected chi connectivity index (χ3v) is 3.06. The number of fused-ring (bicyclic) bond motifs is 1. The number of nitrogens with zero attached hydrogens (tertiary/aromatic N) is 2. The van der Waals surface area contributed by atoms with E-state index in [2.05, 4.69) is 10.1 Å². The smallest absolute Gasteiger partial charge is 0.296 e. The lowest BCUT2D eigenvalue weighted by atomic mass is 10.0. The Labute approximate surface area is 112 Å². The number of benzene rings is 1. The molecule has 0 saturated heterocycles. The van der Waals surface area contributed by atoms with Crippen molar-refractivity contribution >= 4 is 5.78 Å². The molecular weight excluding hydrogens is 270 g/mol. The van der Waals surface area contributed by atoms with E-state index in [1.807, 2.05) is 24.3 Å². The van der Waals surface area contributed by atoms with E-state index in [1.54, 1.807) is 0 Å². The van der Waals surface area contributed by atoms with Crippen molar-refractivity contribution in [2.45, 2.75) is 18.8 Å². The van der Waals surface area contributed by atoms with Gasteiger partial charge in [-0.3, -0.25) is 4.79 Å². The number of rotatable bonds is 4. The van der Waals surface area contributed by atoms with Crippen molar-refractivity contribution in [1.82, 2.24) is 10.1 Å². The van der Waals surface area contributed by atoms with Gasteiger partial charge >= 0.3 is 0 Å². The zero-order valence-electron chi connectivity index (χ0n) is 10.3. The second kappa shape index (κ2) is 4.99. The van der Waals surface area contributed by atoms with Crippen LogP contribution < -0.4 is 4.74 Å². The van der Waals surface area contributed by atoms with Gasteiger partial charge in [0.05, 0.1) is 12.3 Å². The van der Waals surface area contributed by atoms with Crippen LogP contribution in [-0.2, 0) is 11.2 Å². The van der Waals surface area contributed by atoms with Crippen LogP contribution in [-0.4, -0.2) is 29.0 Å². The summed E-state index contributed by atoms with van der Waals surface area (Å²) < 4.78 is 34.6. The first-order chi connectivity index (χ1) is 9.65. The predicted molar refractivity (Wildman–Crippen MR) is 62.8 cm³/mol. The summed E-state index contributed by atoms with van der Waals surface area (Å²) in [6.07, 6.45) is -3.58. The molecule has 0 aliphatic carbocycles. The first kappa shape index (κ1) is 12.7. The fourth-order valence-corrected chi connectivity index (χ4v) is 2.08. The van der Waals surface area contributed by atoms with Gasteiger partial charge in [-0.2, -0.15) is 4.98 Å². The third-order valence-electron chi connectivity index (χ3n) is 3.06. The molecule has 104 valence electrons. The van der Waals surface area contributed by atoms with Crippen LogP contribution in [0.2, 0.25) is 0 Å². The summed E-state index contributed by atoms with van der Waals surface area (Å²) in [7, 11) is 0. The minimum absolute atomic E-state index is 0.102. The maximum Gasteiger partial charge on any atom is 0.296 e. The van der Waals surface area contributed by atoms with E-state index >= 15 is 0 Å². The van der Waals surface area contributed by atoms with E-state index in [9.17, 15) is 13.6 Å². The number of carbonyl (C=O) groups is 1. The van der Waals surface area contributed by atoms with Crippen LogP contribution in [0.25, 0.3) is 0 Å². The van der Waals surface area contributed by atoms with Gasteiger partial charge in [0.15, 0.2) is 5.82 Å². The zero-order valence-corrected chi connectivity index (χ0v) is 10.3. The Morgan fingerprint density at radius 3 is 3.00 bits per heavy atom. The van der Waals surface area contributed by atoms with Crippen molar-refractivity contribution in [3.63, 3.8) is 0 Å². The van der Waals surface area contributed by atoms with Crippen molar-refractivity contribution in [3.8, 4) is 5.75 Å². The molecule has 0 amide bonds. The molecule has 0 fully saturated rings. The monoisotopic (exact) mass is 280 g/mol. The van der Waals surface area contributed by atoms with Gasteiger partial charge in [-0.25, -0.2) is 8.78 Å². The van der Waals surface area contributed by atoms with Crippen LogP contribution in [0.4, 0.5) is 8.78 Å². The Morgan fingerprint density at radius 1 is 1.40 bits per heavy atom. The van der Waals surface area contributed by atoms with Crippen molar-refractivity contribution in [3.05, 3.63) is 41.5 Å². The number of alkyl halides is 2. The van der Waals surface area contributed by atoms with Crippen LogP contribution in [0.1, 0.15) is 23.2 Å². The van der Waals surface area contributed by atoms with Gasteiger partial charge in [-0.05, 0) is 6.07 Å². The van der Waals surface area contributed by atoms with Crippen LogP contribution in [0.5, 0.6) is 5.75 Å². The number of ketones is 1. The van der Waals surface area contributed by atoms with Crippen LogP contribution >= 0.6 is 0 Å². The van der Waals surface area contributed by atoms with Gasteiger partial charge in [0, 0.05) is 5.56 Å². The first-order valence-electron chi connectivity index (χ1n) is 6.00. The molecule has 1 aromatic heterocycles. The largest absolute Gasteiger partial charge is 0.492 e. The van der Waals surface area contributed by atoms with Crippen molar-refractivity contribution in [2.75, 3.05) is 6.61 Å². The average Bonchev–Trinajstić information content (AvgIpc) is 3.04. The lowest BCUT2D eigenvalue weighted by Crippen LogP contribution is -2.13. The summed E-state index contributed by atoms with van der Waals surface area (Å²) >= 11 is 0. The molecule has 0 radical (unpaired) electrons. The topological polar surface area (TPSA) is 65.2 Å². The molecule has 5 nitrogen and oxygen atoms in total. The van der Waals surface area contributed by atoms with Crippen molar-refractivity contribution in [1.29, 1.82) is 0 Å². The number of ether oxygens (including phenoxy) is 1. The predicted octanol–water partition coefficient (Wildman–Crippen LogP) is 1.97. The number of carbonyl (C=O) groups excluding carboxylic acids is 1. The highest BCUT2D eigenvalue weighted by atomic mass is 19.3. The van der Waals surface area contributed by atoms with Gasteiger partial charge in [0.25, 0.3) is 6.43 Å². The molecule has 0 bridgehead atoms. The summed E-state index contributed by atoms with van der Waals surface area (Å²) in [6.45, 7) is 0.362. The maximum atomic E-state index is 12.2. The molecule has 2 heterocycles. The normalized spacial score (nSPS) is 17.1. The summed E-state index contributed by atoms with van der Waals surface area (Å²) in [5.41, 5.74) is 0.917. The summed E-state index contributed by atoms with van der Waals surface area (Å²) in [6, 6.07) is 7.43. The number of hydrogen-bond donors (Lipinski definition) is 0. The average molecular weight is 280 g/mol. The summed E-state index contributed by atoms with van der Waals surface area (Å²) in [4.78, 5) is 14.9. The molecule has 1 atom stereocenters. The molecule has 1 unspecified atom stereocenters. The maximum absolute atomic E-state index is 12.2. The summed E-state index contributed by atoms with van der Waals surface area (Å²) in [5, 5.41) is 3.75. The number of aromatic nitrogens is 2. The van der Waals surface area contributed by atoms with Crippen LogP contribution in [0.15, 0.2) is 28.8 Å². The van der Waals surface area contributed by atoms with Gasteiger partial charge in [0.2, 0.25) is 11.7 Å². The SMILES string of the molecule is O=C(Cc1nc(C2COc3ccccc32)no1)C(F)F. The van der Waals surface area contributed by atoms with Crippen molar-refractivity contribution in [2.24, 2.45) is 0 Å². The fourth-order valence-electron chi connectivity index (χ4n) is 2.08. The number of halogens is 2. The van der Waals surface area contributed by atoms with E-state index in [1.165, 1.54) is 0 Å². The van der Waals surface area contributed by atoms with Gasteiger partial charge in [0.1, 0.15) is 12.4 Å². The number of Topliss-reactive ketones (excluding diaryl/α,β-unsaturated/α-hetero) is 1. The first-order valence-corrected chi connectivity index (χ1v) is 6.00. The quantitative estimate of drug-likeness (QED) is 0.856. The molecular formula is C13H10F2N2O3. The third kappa shape index (κ3) is 2.26. The highest BCUT2D eigenvalue weighted by molar-refractivity contribution is 5.82. The molecule has 1 aliphatic rings. The van der Waals surface area contributed by atoms with E-state index in [4.69, 9.17) is 9.26 Å². The molecule has 20 heavy (non-hydrogen) atoms. The standard InChI is InChI=1S/C13H10F2N2O3/c14-12(15)9(18)5-11-16-13(17-20-11)8-6-19-10-4-2-1-3-7(8)10/h1-4,8,12H,5-6H2. The second-order valence-electron chi connectivity index (χ2n) is 4.39. The number of hydrogen-bond acceptors (Lipinski definition) is 5. The highest BCUT2D eigenvalue weighted by Gasteiger charge is 2.30. The van der Waals surface area contributed by atoms with Gasteiger partial charge < -0.3 is 9.26 Å². The second-order valence-corrected chi connectivity index (χ2v) is 4.39. The molecule has 0 saturated carbocycles. The Morgan fingerprint density at radius 2 is 2.20 bits per heavy atom. The Bertz CT molecular complexity index is 642. The van der Waals surface area contributed by atoms with Crippen molar-refractivity contribution < 1.29 is 22.8 Å². The van der Waals surface area contributed by atoms with Gasteiger partial charge in [-0.1, -0.05) is 23.4 Å². The molecule has 3 rings (SSSR count). The molecule has 2 aromatic rings. The Hall–Kier alpha value is -2.31. The summed E-state index contributed by atoms with van der Waals surface area (Å²) in [5.74, 6) is -0.456. The molecule has 7 heteroatoms. The Kier molecular flexibility index (Phi) is 3.17. The van der Waals surface area contributed by atoms with Gasteiger partial charge in [-0.15, -0.1) is 0 Å². The highest BCUT2D eigenvalue weighted by Crippen LogP contribution is 2.36. The molecule has 1 aromatic carbocycles. The molecule has 0 N–H and O–H groups in total. The fraction of sp³-hybridized carbons (Fsp3) is 0.308. The lowest BCUT2D eigenvalue weighted by Gasteiger charge is -2.01.